The fourth-order valence-electron chi connectivity index (χ4n) is 3.78. The third kappa shape index (κ3) is 3.83. The minimum absolute atomic E-state index is 0.101. The van der Waals surface area contributed by atoms with Gasteiger partial charge in [-0.1, -0.05) is 11.6 Å². The van der Waals surface area contributed by atoms with Crippen molar-refractivity contribution in [2.45, 2.75) is 25.0 Å². The monoisotopic (exact) mass is 354 g/mol. The third-order valence-electron chi connectivity index (χ3n) is 4.99. The molecule has 1 amide bonds. The molecule has 1 heterocycles. The van der Waals surface area contributed by atoms with E-state index < -0.39 is 12.2 Å². The predicted octanol–water partition coefficient (Wildman–Crippen LogP) is 1.35. The number of anilines is 1. The van der Waals surface area contributed by atoms with E-state index in [1.807, 2.05) is 0 Å². The standard InChI is InChI=1S/C17H23ClN2O4/c1-24-16-3-2-12(6-13(16)18)19-17(23)9-20-7-10-4-14(21)15(22)5-11(10)8-20/h2-3,6,10-11,14-15,21-22H,4-5,7-9H2,1H3,(H,19,23)/t10-,11+,14-,15-/m0/s1. The van der Waals surface area contributed by atoms with Crippen LogP contribution in [0, 0.1) is 11.8 Å². The highest BCUT2D eigenvalue weighted by Gasteiger charge is 2.41. The van der Waals surface area contributed by atoms with E-state index in [4.69, 9.17) is 16.3 Å². The van der Waals surface area contributed by atoms with Crippen molar-refractivity contribution in [1.29, 1.82) is 0 Å². The Morgan fingerprint density at radius 3 is 2.46 bits per heavy atom. The summed E-state index contributed by atoms with van der Waals surface area (Å²) >= 11 is 6.06. The Morgan fingerprint density at radius 2 is 1.92 bits per heavy atom. The molecule has 1 aliphatic carbocycles. The summed E-state index contributed by atoms with van der Waals surface area (Å²) in [4.78, 5) is 14.3. The molecular formula is C17H23ClN2O4. The molecule has 0 radical (unpaired) electrons. The van der Waals surface area contributed by atoms with Crippen molar-refractivity contribution in [2.24, 2.45) is 11.8 Å². The molecule has 3 rings (SSSR count). The smallest absolute Gasteiger partial charge is 0.238 e. The Balaban J connectivity index is 1.53. The van der Waals surface area contributed by atoms with E-state index in [0.717, 1.165) is 13.1 Å². The van der Waals surface area contributed by atoms with E-state index in [1.165, 1.54) is 0 Å². The molecule has 24 heavy (non-hydrogen) atoms. The second-order valence-corrected chi connectivity index (χ2v) is 7.13. The highest BCUT2D eigenvalue weighted by molar-refractivity contribution is 6.32. The maximum Gasteiger partial charge on any atom is 0.238 e. The number of aliphatic hydroxyl groups is 2. The van der Waals surface area contributed by atoms with Crippen LogP contribution in [0.3, 0.4) is 0 Å². The van der Waals surface area contributed by atoms with Crippen molar-refractivity contribution in [3.63, 3.8) is 0 Å². The van der Waals surface area contributed by atoms with Crippen LogP contribution in [0.25, 0.3) is 0 Å². The van der Waals surface area contributed by atoms with Crippen LogP contribution in [0.4, 0.5) is 5.69 Å². The van der Waals surface area contributed by atoms with Gasteiger partial charge in [-0.3, -0.25) is 9.69 Å². The van der Waals surface area contributed by atoms with Crippen LogP contribution in [0.2, 0.25) is 5.02 Å². The van der Waals surface area contributed by atoms with Crippen LogP contribution in [0.5, 0.6) is 5.75 Å². The van der Waals surface area contributed by atoms with Gasteiger partial charge in [-0.25, -0.2) is 0 Å². The predicted molar refractivity (Wildman–Crippen MR) is 91.3 cm³/mol. The van der Waals surface area contributed by atoms with Gasteiger partial charge in [-0.2, -0.15) is 0 Å². The number of hydrogen-bond donors (Lipinski definition) is 3. The zero-order valence-corrected chi connectivity index (χ0v) is 14.4. The first-order valence-electron chi connectivity index (χ1n) is 8.18. The number of carbonyl (C=O) groups is 1. The minimum Gasteiger partial charge on any atom is -0.495 e. The summed E-state index contributed by atoms with van der Waals surface area (Å²) in [6.45, 7) is 1.86. The number of aliphatic hydroxyl groups excluding tert-OH is 2. The van der Waals surface area contributed by atoms with Crippen molar-refractivity contribution in [1.82, 2.24) is 4.90 Å². The van der Waals surface area contributed by atoms with Gasteiger partial charge in [-0.15, -0.1) is 0 Å². The quantitative estimate of drug-likeness (QED) is 0.760. The first-order chi connectivity index (χ1) is 11.5. The molecule has 1 saturated heterocycles. The largest absolute Gasteiger partial charge is 0.495 e. The summed E-state index contributed by atoms with van der Waals surface area (Å²) in [5.41, 5.74) is 0.633. The number of hydrogen-bond acceptors (Lipinski definition) is 5. The molecule has 0 aromatic heterocycles. The van der Waals surface area contributed by atoms with Gasteiger partial charge in [0.25, 0.3) is 0 Å². The molecule has 132 valence electrons. The molecule has 0 bridgehead atoms. The average molecular weight is 355 g/mol. The van der Waals surface area contributed by atoms with E-state index in [9.17, 15) is 15.0 Å². The molecular weight excluding hydrogens is 332 g/mol. The third-order valence-corrected chi connectivity index (χ3v) is 5.28. The molecule has 3 N–H and O–H groups in total. The summed E-state index contributed by atoms with van der Waals surface area (Å²) in [5, 5.41) is 22.9. The van der Waals surface area contributed by atoms with E-state index in [1.54, 1.807) is 25.3 Å². The molecule has 1 aromatic carbocycles. The van der Waals surface area contributed by atoms with Gasteiger partial charge < -0.3 is 20.3 Å². The van der Waals surface area contributed by atoms with Crippen molar-refractivity contribution in [3.8, 4) is 5.75 Å². The first kappa shape index (κ1) is 17.5. The van der Waals surface area contributed by atoms with Gasteiger partial charge in [0.1, 0.15) is 5.75 Å². The number of fused-ring (bicyclic) bond motifs is 1. The van der Waals surface area contributed by atoms with E-state index in [2.05, 4.69) is 10.2 Å². The van der Waals surface area contributed by atoms with E-state index in [-0.39, 0.29) is 5.91 Å². The lowest BCUT2D eigenvalue weighted by Gasteiger charge is -2.32. The Kier molecular flexibility index (Phi) is 5.30. The second kappa shape index (κ2) is 7.27. The fraction of sp³-hybridized carbons (Fsp3) is 0.588. The summed E-state index contributed by atoms with van der Waals surface area (Å²) in [6.07, 6.45) is -0.0567. The SMILES string of the molecule is COc1ccc(NC(=O)CN2C[C@H]3C[C@H](O)[C@@H](O)C[C@H]3C2)cc1Cl. The van der Waals surface area contributed by atoms with Crippen molar-refractivity contribution in [3.05, 3.63) is 23.2 Å². The molecule has 1 aromatic rings. The number of rotatable bonds is 4. The highest BCUT2D eigenvalue weighted by atomic mass is 35.5. The molecule has 7 heteroatoms. The molecule has 4 atom stereocenters. The number of nitrogens with zero attached hydrogens (tertiary/aromatic N) is 1. The van der Waals surface area contributed by atoms with Crippen LogP contribution < -0.4 is 10.1 Å². The van der Waals surface area contributed by atoms with Gasteiger partial charge in [0.05, 0.1) is 30.9 Å². The lowest BCUT2D eigenvalue weighted by Crippen LogP contribution is -2.38. The number of halogens is 1. The Labute approximate surface area is 146 Å². The lowest BCUT2D eigenvalue weighted by atomic mass is 9.79. The van der Waals surface area contributed by atoms with Crippen molar-refractivity contribution >= 4 is 23.2 Å². The molecule has 0 spiro atoms. The molecule has 1 saturated carbocycles. The van der Waals surface area contributed by atoms with Gasteiger partial charge in [0.15, 0.2) is 0 Å². The average Bonchev–Trinajstić information content (AvgIpc) is 2.88. The number of ether oxygens (including phenoxy) is 1. The summed E-state index contributed by atoms with van der Waals surface area (Å²) < 4.78 is 5.09. The van der Waals surface area contributed by atoms with Crippen molar-refractivity contribution < 1.29 is 19.7 Å². The van der Waals surface area contributed by atoms with E-state index in [0.29, 0.717) is 47.7 Å². The van der Waals surface area contributed by atoms with Crippen LogP contribution in [-0.2, 0) is 4.79 Å². The normalized spacial score (nSPS) is 30.0. The molecule has 1 aliphatic heterocycles. The van der Waals surface area contributed by atoms with Gasteiger partial charge >= 0.3 is 0 Å². The topological polar surface area (TPSA) is 82.0 Å². The van der Waals surface area contributed by atoms with E-state index >= 15 is 0 Å². The summed E-state index contributed by atoms with van der Waals surface area (Å²) in [7, 11) is 1.54. The maximum atomic E-state index is 12.2. The number of benzene rings is 1. The molecule has 2 aliphatic rings. The number of nitrogens with one attached hydrogen (secondary N) is 1. The number of carbonyl (C=O) groups excluding carboxylic acids is 1. The zero-order chi connectivity index (χ0) is 17.3. The summed E-state index contributed by atoms with van der Waals surface area (Å²) in [5.74, 6) is 1.17. The molecule has 2 fully saturated rings. The van der Waals surface area contributed by atoms with Crippen LogP contribution >= 0.6 is 11.6 Å². The Bertz CT molecular complexity index is 594. The number of amides is 1. The number of likely N-dealkylation sites (tertiary alicyclic amines) is 1. The van der Waals surface area contributed by atoms with Gasteiger partial charge in [0, 0.05) is 18.8 Å². The molecule has 0 unspecified atom stereocenters. The zero-order valence-electron chi connectivity index (χ0n) is 13.6. The minimum atomic E-state index is -0.638. The summed E-state index contributed by atoms with van der Waals surface area (Å²) in [6, 6.07) is 5.12. The highest BCUT2D eigenvalue weighted by Crippen LogP contribution is 2.36. The van der Waals surface area contributed by atoms with Crippen LogP contribution in [0.15, 0.2) is 18.2 Å². The fourth-order valence-corrected chi connectivity index (χ4v) is 4.04. The van der Waals surface area contributed by atoms with Gasteiger partial charge in [0.2, 0.25) is 5.91 Å². The lowest BCUT2D eigenvalue weighted by molar-refractivity contribution is -0.117. The van der Waals surface area contributed by atoms with Gasteiger partial charge in [-0.05, 0) is 42.9 Å². The maximum absolute atomic E-state index is 12.2. The second-order valence-electron chi connectivity index (χ2n) is 6.72. The van der Waals surface area contributed by atoms with Crippen molar-refractivity contribution in [2.75, 3.05) is 32.1 Å². The van der Waals surface area contributed by atoms with Crippen LogP contribution in [0.1, 0.15) is 12.8 Å². The molecule has 6 nitrogen and oxygen atoms in total. The number of methoxy groups -OCH3 is 1. The Hall–Kier alpha value is -1.34. The van der Waals surface area contributed by atoms with Crippen LogP contribution in [-0.4, -0.2) is 60.0 Å². The Morgan fingerprint density at radius 1 is 1.29 bits per heavy atom. The first-order valence-corrected chi connectivity index (χ1v) is 8.56.